The zero-order chi connectivity index (χ0) is 13.5. The van der Waals surface area contributed by atoms with E-state index in [9.17, 15) is 0 Å². The van der Waals surface area contributed by atoms with Crippen molar-refractivity contribution in [2.75, 3.05) is 6.54 Å². The van der Waals surface area contributed by atoms with E-state index in [-0.39, 0.29) is 0 Å². The van der Waals surface area contributed by atoms with Crippen LogP contribution in [0, 0.1) is 6.92 Å². The van der Waals surface area contributed by atoms with Crippen LogP contribution in [-0.2, 0) is 13.0 Å². The summed E-state index contributed by atoms with van der Waals surface area (Å²) in [5.74, 6) is 0.955. The van der Waals surface area contributed by atoms with Crippen molar-refractivity contribution in [3.05, 3.63) is 47.4 Å². The Hall–Kier alpha value is -2.20. The van der Waals surface area contributed by atoms with Crippen LogP contribution in [0.25, 0.3) is 22.3 Å². The Kier molecular flexibility index (Phi) is 2.57. The summed E-state index contributed by atoms with van der Waals surface area (Å²) < 4.78 is 0. The Bertz CT molecular complexity index is 765. The van der Waals surface area contributed by atoms with Crippen LogP contribution >= 0.6 is 0 Å². The fraction of sp³-hybridized carbons (Fsp3) is 0.250. The maximum Gasteiger partial charge on any atom is 0.138 e. The lowest BCUT2D eigenvalue weighted by atomic mass is 10.0. The number of H-pyrrole nitrogens is 1. The summed E-state index contributed by atoms with van der Waals surface area (Å²) in [5, 5.41) is 4.53. The number of hydrogen-bond acceptors (Lipinski definition) is 3. The van der Waals surface area contributed by atoms with Gasteiger partial charge in [0.2, 0.25) is 0 Å². The van der Waals surface area contributed by atoms with Crippen molar-refractivity contribution in [3.8, 4) is 11.4 Å². The SMILES string of the molecule is Cc1ccc(-c2nc3c([nH]2)CNCC3)c2cccnc12. The number of pyridine rings is 1. The van der Waals surface area contributed by atoms with Crippen LogP contribution in [0.5, 0.6) is 0 Å². The number of benzene rings is 1. The van der Waals surface area contributed by atoms with Crippen molar-refractivity contribution in [1.29, 1.82) is 0 Å². The molecule has 4 rings (SSSR count). The Morgan fingerprint density at radius 2 is 2.15 bits per heavy atom. The normalized spacial score (nSPS) is 14.4. The molecule has 1 aromatic carbocycles. The number of rotatable bonds is 1. The lowest BCUT2D eigenvalue weighted by molar-refractivity contribution is 0.627. The topological polar surface area (TPSA) is 53.6 Å². The molecule has 0 radical (unpaired) electrons. The number of fused-ring (bicyclic) bond motifs is 2. The minimum atomic E-state index is 0.879. The van der Waals surface area contributed by atoms with Crippen molar-refractivity contribution in [3.63, 3.8) is 0 Å². The predicted octanol–water partition coefficient (Wildman–Crippen LogP) is 2.58. The Balaban J connectivity index is 1.94. The van der Waals surface area contributed by atoms with Crippen molar-refractivity contribution >= 4 is 10.9 Å². The first-order chi connectivity index (χ1) is 9.83. The molecule has 0 spiro atoms. The molecule has 3 heterocycles. The molecule has 0 amide bonds. The molecule has 4 nitrogen and oxygen atoms in total. The zero-order valence-corrected chi connectivity index (χ0v) is 11.4. The third-order valence-corrected chi connectivity index (χ3v) is 3.93. The van der Waals surface area contributed by atoms with Crippen molar-refractivity contribution < 1.29 is 0 Å². The van der Waals surface area contributed by atoms with Crippen molar-refractivity contribution in [1.82, 2.24) is 20.3 Å². The zero-order valence-electron chi connectivity index (χ0n) is 11.4. The third kappa shape index (κ3) is 1.72. The molecule has 1 aliphatic heterocycles. The quantitative estimate of drug-likeness (QED) is 0.710. The van der Waals surface area contributed by atoms with Crippen molar-refractivity contribution in [2.45, 2.75) is 19.9 Å². The monoisotopic (exact) mass is 264 g/mol. The van der Waals surface area contributed by atoms with E-state index in [1.165, 1.54) is 17.0 Å². The fourth-order valence-corrected chi connectivity index (χ4v) is 2.87. The number of nitrogens with one attached hydrogen (secondary N) is 2. The van der Waals surface area contributed by atoms with Crippen LogP contribution in [0.1, 0.15) is 17.0 Å². The minimum Gasteiger partial charge on any atom is -0.341 e. The van der Waals surface area contributed by atoms with Gasteiger partial charge in [0.1, 0.15) is 5.82 Å². The van der Waals surface area contributed by atoms with E-state index < -0.39 is 0 Å². The Morgan fingerprint density at radius 1 is 1.20 bits per heavy atom. The second kappa shape index (κ2) is 4.42. The van der Waals surface area contributed by atoms with Crippen LogP contribution in [-0.4, -0.2) is 21.5 Å². The second-order valence-corrected chi connectivity index (χ2v) is 5.27. The summed E-state index contributed by atoms with van der Waals surface area (Å²) in [4.78, 5) is 12.7. The number of aromatic nitrogens is 3. The highest BCUT2D eigenvalue weighted by molar-refractivity contribution is 5.94. The molecule has 0 atom stereocenters. The minimum absolute atomic E-state index is 0.879. The average Bonchev–Trinajstić information content (AvgIpc) is 2.91. The van der Waals surface area contributed by atoms with Crippen LogP contribution in [0.2, 0.25) is 0 Å². The van der Waals surface area contributed by atoms with Gasteiger partial charge in [-0.05, 0) is 18.6 Å². The third-order valence-electron chi connectivity index (χ3n) is 3.93. The van der Waals surface area contributed by atoms with Crippen LogP contribution in [0.3, 0.4) is 0 Å². The summed E-state index contributed by atoms with van der Waals surface area (Å²) in [7, 11) is 0. The molecular weight excluding hydrogens is 248 g/mol. The van der Waals surface area contributed by atoms with E-state index in [0.717, 1.165) is 41.8 Å². The van der Waals surface area contributed by atoms with Crippen LogP contribution < -0.4 is 5.32 Å². The number of aryl methyl sites for hydroxylation is 1. The summed E-state index contributed by atoms with van der Waals surface area (Å²) >= 11 is 0. The van der Waals surface area contributed by atoms with Crippen LogP contribution in [0.15, 0.2) is 30.5 Å². The van der Waals surface area contributed by atoms with Crippen LogP contribution in [0.4, 0.5) is 0 Å². The van der Waals surface area contributed by atoms with Gasteiger partial charge < -0.3 is 10.3 Å². The van der Waals surface area contributed by atoms with Gasteiger partial charge in [-0.2, -0.15) is 0 Å². The van der Waals surface area contributed by atoms with E-state index >= 15 is 0 Å². The number of aromatic amines is 1. The van der Waals surface area contributed by atoms with Gasteiger partial charge in [-0.3, -0.25) is 4.98 Å². The predicted molar refractivity (Wildman–Crippen MR) is 79.5 cm³/mol. The molecule has 0 bridgehead atoms. The average molecular weight is 264 g/mol. The lowest BCUT2D eigenvalue weighted by Crippen LogP contribution is -2.23. The van der Waals surface area contributed by atoms with E-state index in [1.807, 2.05) is 12.3 Å². The molecular formula is C16H16N4. The molecule has 0 aliphatic carbocycles. The summed E-state index contributed by atoms with van der Waals surface area (Å²) in [6.07, 6.45) is 2.84. The number of nitrogens with zero attached hydrogens (tertiary/aromatic N) is 2. The van der Waals surface area contributed by atoms with Gasteiger partial charge in [0.25, 0.3) is 0 Å². The van der Waals surface area contributed by atoms with Gasteiger partial charge in [-0.1, -0.05) is 18.2 Å². The van der Waals surface area contributed by atoms with E-state index in [1.54, 1.807) is 0 Å². The maximum atomic E-state index is 4.78. The van der Waals surface area contributed by atoms with Crippen molar-refractivity contribution in [2.24, 2.45) is 0 Å². The van der Waals surface area contributed by atoms with Gasteiger partial charge >= 0.3 is 0 Å². The lowest BCUT2D eigenvalue weighted by Gasteiger charge is -2.09. The summed E-state index contributed by atoms with van der Waals surface area (Å²) in [5.41, 5.74) is 5.79. The smallest absolute Gasteiger partial charge is 0.138 e. The molecule has 3 aromatic rings. The standard InChI is InChI=1S/C16H16N4/c1-10-4-5-12(11-3-2-7-18-15(10)11)16-19-13-6-8-17-9-14(13)20-16/h2-5,7,17H,6,8-9H2,1H3,(H,19,20). The molecule has 0 unspecified atom stereocenters. The van der Waals surface area contributed by atoms with E-state index in [2.05, 4.69) is 40.4 Å². The first-order valence-corrected chi connectivity index (χ1v) is 6.96. The first kappa shape index (κ1) is 11.6. The largest absolute Gasteiger partial charge is 0.341 e. The fourth-order valence-electron chi connectivity index (χ4n) is 2.87. The number of imidazole rings is 1. The second-order valence-electron chi connectivity index (χ2n) is 5.27. The van der Waals surface area contributed by atoms with E-state index in [0.29, 0.717) is 0 Å². The Morgan fingerprint density at radius 3 is 3.05 bits per heavy atom. The Labute approximate surface area is 117 Å². The highest BCUT2D eigenvalue weighted by Gasteiger charge is 2.16. The highest BCUT2D eigenvalue weighted by Crippen LogP contribution is 2.28. The number of hydrogen-bond donors (Lipinski definition) is 2. The van der Waals surface area contributed by atoms with Gasteiger partial charge in [-0.25, -0.2) is 4.98 Å². The van der Waals surface area contributed by atoms with Gasteiger partial charge in [-0.15, -0.1) is 0 Å². The molecule has 1 aliphatic rings. The highest BCUT2D eigenvalue weighted by atomic mass is 15.0. The molecule has 100 valence electrons. The molecule has 0 saturated heterocycles. The molecule has 2 N–H and O–H groups in total. The molecule has 4 heteroatoms. The molecule has 2 aromatic heterocycles. The molecule has 0 saturated carbocycles. The first-order valence-electron chi connectivity index (χ1n) is 6.96. The van der Waals surface area contributed by atoms with E-state index in [4.69, 9.17) is 4.98 Å². The van der Waals surface area contributed by atoms with Gasteiger partial charge in [0.05, 0.1) is 16.9 Å². The maximum absolute atomic E-state index is 4.78. The summed E-state index contributed by atoms with van der Waals surface area (Å²) in [6.45, 7) is 3.98. The van der Waals surface area contributed by atoms with Gasteiger partial charge in [0, 0.05) is 36.7 Å². The molecule has 20 heavy (non-hydrogen) atoms. The van der Waals surface area contributed by atoms with Gasteiger partial charge in [0.15, 0.2) is 0 Å². The summed E-state index contributed by atoms with van der Waals surface area (Å²) in [6, 6.07) is 8.35. The molecule has 0 fully saturated rings.